The van der Waals surface area contributed by atoms with Crippen LogP contribution in [0, 0.1) is 16.7 Å². The molecule has 0 aromatic heterocycles. The Morgan fingerprint density at radius 3 is 1.85 bits per heavy atom. The third kappa shape index (κ3) is 3.55. The van der Waals surface area contributed by atoms with Gasteiger partial charge in [-0.1, -0.05) is 62.6 Å². The van der Waals surface area contributed by atoms with E-state index in [0.717, 1.165) is 5.56 Å². The SMILES string of the molecule is CCCCCC12CCC(c3ccc(-c4ccc(C#N)cc4)cc3)(CC1)CC2. The highest BCUT2D eigenvalue weighted by Gasteiger charge is 2.48. The van der Waals surface area contributed by atoms with Crippen LogP contribution in [-0.2, 0) is 5.41 Å². The number of nitrogens with zero attached hydrogens (tertiary/aromatic N) is 1. The minimum atomic E-state index is 0.440. The molecule has 0 unspecified atom stereocenters. The number of nitriles is 1. The van der Waals surface area contributed by atoms with Gasteiger partial charge in [-0.3, -0.25) is 0 Å². The Morgan fingerprint density at radius 1 is 0.778 bits per heavy atom. The number of hydrogen-bond acceptors (Lipinski definition) is 1. The van der Waals surface area contributed by atoms with Gasteiger partial charge < -0.3 is 0 Å². The summed E-state index contributed by atoms with van der Waals surface area (Å²) in [7, 11) is 0. The summed E-state index contributed by atoms with van der Waals surface area (Å²) in [4.78, 5) is 0. The number of hydrogen-bond donors (Lipinski definition) is 0. The van der Waals surface area contributed by atoms with E-state index in [9.17, 15) is 0 Å². The van der Waals surface area contributed by atoms with Crippen molar-refractivity contribution in [3.8, 4) is 17.2 Å². The fraction of sp³-hybridized carbons (Fsp3) is 0.500. The maximum atomic E-state index is 8.97. The number of unbranched alkanes of at least 4 members (excludes halogenated alkanes) is 2. The molecule has 27 heavy (non-hydrogen) atoms. The predicted octanol–water partition coefficient (Wildman–Crippen LogP) is 7.40. The van der Waals surface area contributed by atoms with Crippen LogP contribution in [0.2, 0.25) is 0 Å². The van der Waals surface area contributed by atoms with Crippen molar-refractivity contribution in [1.82, 2.24) is 0 Å². The van der Waals surface area contributed by atoms with Gasteiger partial charge in [0.2, 0.25) is 0 Å². The van der Waals surface area contributed by atoms with E-state index in [-0.39, 0.29) is 0 Å². The fourth-order valence-corrected chi connectivity index (χ4v) is 5.57. The molecule has 3 aliphatic rings. The highest BCUT2D eigenvalue weighted by atomic mass is 14.5. The molecule has 0 spiro atoms. The maximum absolute atomic E-state index is 8.97. The molecule has 0 atom stereocenters. The van der Waals surface area contributed by atoms with E-state index < -0.39 is 0 Å². The molecule has 1 nitrogen and oxygen atoms in total. The predicted molar refractivity (Wildman–Crippen MR) is 113 cm³/mol. The van der Waals surface area contributed by atoms with Gasteiger partial charge in [-0.25, -0.2) is 0 Å². The first-order chi connectivity index (χ1) is 13.2. The van der Waals surface area contributed by atoms with Gasteiger partial charge >= 0.3 is 0 Å². The molecular formula is C26H31N. The summed E-state index contributed by atoms with van der Waals surface area (Å²) in [6.45, 7) is 2.31. The van der Waals surface area contributed by atoms with E-state index in [0.29, 0.717) is 10.8 Å². The van der Waals surface area contributed by atoms with Gasteiger partial charge in [-0.05, 0) is 84.6 Å². The molecule has 2 aromatic carbocycles. The first-order valence-corrected chi connectivity index (χ1v) is 10.8. The van der Waals surface area contributed by atoms with E-state index in [1.54, 1.807) is 5.56 Å². The third-order valence-electron chi connectivity index (χ3n) is 7.56. The van der Waals surface area contributed by atoms with Gasteiger partial charge in [0.25, 0.3) is 0 Å². The smallest absolute Gasteiger partial charge is 0.0991 e. The molecule has 2 bridgehead atoms. The monoisotopic (exact) mass is 357 g/mol. The number of rotatable bonds is 6. The lowest BCUT2D eigenvalue weighted by Crippen LogP contribution is -2.44. The van der Waals surface area contributed by atoms with Crippen LogP contribution in [0.5, 0.6) is 0 Å². The van der Waals surface area contributed by atoms with Gasteiger partial charge in [0.1, 0.15) is 0 Å². The standard InChI is InChI=1S/C26H31N/c1-2-3-4-13-25-14-17-26(18-15-25,19-16-25)24-11-9-23(10-12-24)22-7-5-21(20-27)6-8-22/h5-12H,2-4,13-19H2,1H3. The van der Waals surface area contributed by atoms with E-state index >= 15 is 0 Å². The second kappa shape index (κ2) is 7.51. The van der Waals surface area contributed by atoms with E-state index in [1.807, 2.05) is 12.1 Å². The van der Waals surface area contributed by atoms with Crippen molar-refractivity contribution in [3.63, 3.8) is 0 Å². The Morgan fingerprint density at radius 2 is 1.33 bits per heavy atom. The maximum Gasteiger partial charge on any atom is 0.0991 e. The van der Waals surface area contributed by atoms with Crippen LogP contribution in [0.25, 0.3) is 11.1 Å². The van der Waals surface area contributed by atoms with E-state index in [2.05, 4.69) is 49.4 Å². The summed E-state index contributed by atoms with van der Waals surface area (Å²) in [5.74, 6) is 0. The molecule has 0 amide bonds. The summed E-state index contributed by atoms with van der Waals surface area (Å²) in [6, 6.07) is 19.4. The molecule has 0 heterocycles. The van der Waals surface area contributed by atoms with Crippen LogP contribution in [0.15, 0.2) is 48.5 Å². The van der Waals surface area contributed by atoms with Crippen LogP contribution in [0.1, 0.15) is 82.3 Å². The zero-order valence-corrected chi connectivity index (χ0v) is 16.6. The first-order valence-electron chi connectivity index (χ1n) is 10.8. The summed E-state index contributed by atoms with van der Waals surface area (Å²) in [5, 5.41) is 8.97. The molecule has 0 radical (unpaired) electrons. The van der Waals surface area contributed by atoms with Crippen LogP contribution in [0.4, 0.5) is 0 Å². The Kier molecular flexibility index (Phi) is 5.09. The summed E-state index contributed by atoms with van der Waals surface area (Å²) < 4.78 is 0. The van der Waals surface area contributed by atoms with Gasteiger partial charge in [0, 0.05) is 0 Å². The van der Waals surface area contributed by atoms with Gasteiger partial charge in [0.15, 0.2) is 0 Å². The quantitative estimate of drug-likeness (QED) is 0.494. The summed E-state index contributed by atoms with van der Waals surface area (Å²) >= 11 is 0. The largest absolute Gasteiger partial charge is 0.192 e. The summed E-state index contributed by atoms with van der Waals surface area (Å²) in [6.07, 6.45) is 14.1. The van der Waals surface area contributed by atoms with Crippen LogP contribution in [-0.4, -0.2) is 0 Å². The van der Waals surface area contributed by atoms with Crippen molar-refractivity contribution in [2.24, 2.45) is 5.41 Å². The molecule has 3 fully saturated rings. The molecule has 0 N–H and O–H groups in total. The molecular weight excluding hydrogens is 326 g/mol. The Hall–Kier alpha value is -2.07. The topological polar surface area (TPSA) is 23.8 Å². The Balaban J connectivity index is 1.46. The van der Waals surface area contributed by atoms with Crippen LogP contribution < -0.4 is 0 Å². The van der Waals surface area contributed by atoms with Crippen LogP contribution >= 0.6 is 0 Å². The second-order valence-electron chi connectivity index (χ2n) is 9.00. The minimum absolute atomic E-state index is 0.440. The molecule has 3 saturated carbocycles. The molecule has 2 aromatic rings. The van der Waals surface area contributed by atoms with Gasteiger partial charge in [-0.2, -0.15) is 5.26 Å². The summed E-state index contributed by atoms with van der Waals surface area (Å²) in [5.41, 5.74) is 5.85. The van der Waals surface area contributed by atoms with Crippen molar-refractivity contribution in [2.75, 3.05) is 0 Å². The molecule has 140 valence electrons. The Bertz CT molecular complexity index is 782. The average molecular weight is 358 g/mol. The first kappa shape index (κ1) is 18.3. The van der Waals surface area contributed by atoms with Gasteiger partial charge in [0.05, 0.1) is 11.6 Å². The minimum Gasteiger partial charge on any atom is -0.192 e. The fourth-order valence-electron chi connectivity index (χ4n) is 5.57. The average Bonchev–Trinajstić information content (AvgIpc) is 2.75. The van der Waals surface area contributed by atoms with Gasteiger partial charge in [-0.15, -0.1) is 0 Å². The van der Waals surface area contributed by atoms with Crippen LogP contribution in [0.3, 0.4) is 0 Å². The van der Waals surface area contributed by atoms with Crippen molar-refractivity contribution in [3.05, 3.63) is 59.7 Å². The number of benzene rings is 2. The third-order valence-corrected chi connectivity index (χ3v) is 7.56. The lowest BCUT2D eigenvalue weighted by atomic mass is 9.51. The van der Waals surface area contributed by atoms with E-state index in [1.165, 1.54) is 75.3 Å². The molecule has 3 aliphatic carbocycles. The molecule has 0 aliphatic heterocycles. The molecule has 1 heteroatoms. The lowest BCUT2D eigenvalue weighted by molar-refractivity contribution is 0.0305. The van der Waals surface area contributed by atoms with Crippen molar-refractivity contribution >= 4 is 0 Å². The second-order valence-corrected chi connectivity index (χ2v) is 9.00. The van der Waals surface area contributed by atoms with Crippen molar-refractivity contribution in [1.29, 1.82) is 5.26 Å². The molecule has 0 saturated heterocycles. The zero-order chi connectivity index (χ0) is 18.7. The normalized spacial score (nSPS) is 26.7. The highest BCUT2D eigenvalue weighted by Crippen LogP contribution is 2.59. The van der Waals surface area contributed by atoms with Crippen molar-refractivity contribution in [2.45, 2.75) is 76.5 Å². The number of fused-ring (bicyclic) bond motifs is 3. The lowest BCUT2D eigenvalue weighted by Gasteiger charge is -2.54. The molecule has 5 rings (SSSR count). The van der Waals surface area contributed by atoms with E-state index in [4.69, 9.17) is 5.26 Å². The zero-order valence-electron chi connectivity index (χ0n) is 16.6. The Labute approximate surface area is 164 Å². The van der Waals surface area contributed by atoms with Crippen molar-refractivity contribution < 1.29 is 0 Å². The highest BCUT2D eigenvalue weighted by molar-refractivity contribution is 5.64.